The van der Waals surface area contributed by atoms with Gasteiger partial charge in [-0.15, -0.1) is 0 Å². The summed E-state index contributed by atoms with van der Waals surface area (Å²) >= 11 is 3.36. The Morgan fingerprint density at radius 3 is 2.67 bits per heavy atom. The molecule has 7 heteroatoms. The van der Waals surface area contributed by atoms with Crippen molar-refractivity contribution in [3.8, 4) is 0 Å². The van der Waals surface area contributed by atoms with Gasteiger partial charge in [0.25, 0.3) is 5.91 Å². The summed E-state index contributed by atoms with van der Waals surface area (Å²) in [4.78, 5) is 24.7. The van der Waals surface area contributed by atoms with Gasteiger partial charge in [-0.3, -0.25) is 4.79 Å². The molecule has 2 heterocycles. The van der Waals surface area contributed by atoms with Crippen LogP contribution in [0.1, 0.15) is 41.6 Å². The quantitative estimate of drug-likeness (QED) is 0.888. The SMILES string of the molecule is Cc1cc(NC(=O)c2nc(C(C)C)ncc2N)ncc1Br. The number of nitrogens with zero attached hydrogens (tertiary/aromatic N) is 3. The summed E-state index contributed by atoms with van der Waals surface area (Å²) in [5.74, 6) is 0.746. The van der Waals surface area contributed by atoms with Gasteiger partial charge >= 0.3 is 0 Å². The van der Waals surface area contributed by atoms with Crippen molar-refractivity contribution in [2.75, 3.05) is 11.1 Å². The first-order chi connectivity index (χ1) is 9.88. The number of carbonyl (C=O) groups excluding carboxylic acids is 1. The molecule has 2 rings (SSSR count). The summed E-state index contributed by atoms with van der Waals surface area (Å²) in [6.07, 6.45) is 3.09. The average molecular weight is 350 g/mol. The molecule has 3 N–H and O–H groups in total. The number of anilines is 2. The Balaban J connectivity index is 2.27. The van der Waals surface area contributed by atoms with Crippen LogP contribution in [0.3, 0.4) is 0 Å². The second-order valence-corrected chi connectivity index (χ2v) is 5.81. The first-order valence-electron chi connectivity index (χ1n) is 6.44. The maximum Gasteiger partial charge on any atom is 0.277 e. The zero-order valence-electron chi connectivity index (χ0n) is 12.0. The molecule has 0 bridgehead atoms. The second-order valence-electron chi connectivity index (χ2n) is 4.96. The van der Waals surface area contributed by atoms with Crippen molar-refractivity contribution >= 4 is 33.3 Å². The van der Waals surface area contributed by atoms with E-state index < -0.39 is 5.91 Å². The minimum Gasteiger partial charge on any atom is -0.396 e. The third-order valence-corrected chi connectivity index (χ3v) is 3.69. The van der Waals surface area contributed by atoms with Crippen LogP contribution in [0.2, 0.25) is 0 Å². The predicted molar refractivity (Wildman–Crippen MR) is 85.2 cm³/mol. The molecule has 110 valence electrons. The van der Waals surface area contributed by atoms with E-state index in [4.69, 9.17) is 5.73 Å². The Bertz CT molecular complexity index is 687. The number of halogens is 1. The number of carbonyl (C=O) groups is 1. The van der Waals surface area contributed by atoms with E-state index in [0.717, 1.165) is 10.0 Å². The lowest BCUT2D eigenvalue weighted by Gasteiger charge is -2.09. The van der Waals surface area contributed by atoms with Crippen molar-refractivity contribution in [3.63, 3.8) is 0 Å². The van der Waals surface area contributed by atoms with Gasteiger partial charge in [-0.05, 0) is 34.5 Å². The Hall–Kier alpha value is -2.02. The Morgan fingerprint density at radius 1 is 1.33 bits per heavy atom. The van der Waals surface area contributed by atoms with Crippen LogP contribution in [0.5, 0.6) is 0 Å². The van der Waals surface area contributed by atoms with Crippen LogP contribution in [0.4, 0.5) is 11.5 Å². The highest BCUT2D eigenvalue weighted by atomic mass is 79.9. The molecule has 0 radical (unpaired) electrons. The number of rotatable bonds is 3. The molecule has 0 fully saturated rings. The van der Waals surface area contributed by atoms with Crippen LogP contribution < -0.4 is 11.1 Å². The largest absolute Gasteiger partial charge is 0.396 e. The van der Waals surface area contributed by atoms with E-state index in [1.165, 1.54) is 6.20 Å². The number of hydrogen-bond acceptors (Lipinski definition) is 5. The Labute approximate surface area is 131 Å². The third-order valence-electron chi connectivity index (χ3n) is 2.86. The first kappa shape index (κ1) is 15.4. The van der Waals surface area contributed by atoms with Crippen molar-refractivity contribution < 1.29 is 4.79 Å². The van der Waals surface area contributed by atoms with E-state index in [0.29, 0.717) is 11.6 Å². The summed E-state index contributed by atoms with van der Waals surface area (Å²) in [6, 6.07) is 1.77. The zero-order valence-corrected chi connectivity index (χ0v) is 13.6. The standard InChI is InChI=1S/C14H16BrN5O/c1-7(2)13-18-6-10(16)12(20-13)14(21)19-11-4-8(3)9(15)5-17-11/h4-7H,16H2,1-3H3,(H,17,19,21). The summed E-state index contributed by atoms with van der Waals surface area (Å²) in [5.41, 5.74) is 7.16. The summed E-state index contributed by atoms with van der Waals surface area (Å²) in [5, 5.41) is 2.69. The maximum absolute atomic E-state index is 12.3. The van der Waals surface area contributed by atoms with Gasteiger partial charge in [-0.2, -0.15) is 0 Å². The van der Waals surface area contributed by atoms with Gasteiger partial charge in [0.2, 0.25) is 0 Å². The topological polar surface area (TPSA) is 93.8 Å². The lowest BCUT2D eigenvalue weighted by molar-refractivity contribution is 0.102. The molecule has 0 aliphatic heterocycles. The summed E-state index contributed by atoms with van der Waals surface area (Å²) < 4.78 is 0.879. The van der Waals surface area contributed by atoms with Gasteiger partial charge in [0.05, 0.1) is 11.9 Å². The van der Waals surface area contributed by atoms with Gasteiger partial charge in [0, 0.05) is 16.6 Å². The van der Waals surface area contributed by atoms with Crippen LogP contribution in [0.15, 0.2) is 22.9 Å². The normalized spacial score (nSPS) is 10.7. The predicted octanol–water partition coefficient (Wildman–Crippen LogP) is 2.90. The number of amides is 1. The lowest BCUT2D eigenvalue weighted by atomic mass is 10.2. The van der Waals surface area contributed by atoms with Crippen LogP contribution in [-0.4, -0.2) is 20.9 Å². The average Bonchev–Trinajstić information content (AvgIpc) is 2.43. The Morgan fingerprint density at radius 2 is 2.05 bits per heavy atom. The number of nitrogen functional groups attached to an aromatic ring is 1. The lowest BCUT2D eigenvalue weighted by Crippen LogP contribution is -2.18. The Kier molecular flexibility index (Phi) is 4.52. The highest BCUT2D eigenvalue weighted by molar-refractivity contribution is 9.10. The van der Waals surface area contributed by atoms with E-state index in [1.807, 2.05) is 20.8 Å². The molecular weight excluding hydrogens is 334 g/mol. The van der Waals surface area contributed by atoms with Gasteiger partial charge < -0.3 is 11.1 Å². The molecule has 0 saturated heterocycles. The number of nitrogens with one attached hydrogen (secondary N) is 1. The molecule has 21 heavy (non-hydrogen) atoms. The molecule has 0 aliphatic carbocycles. The molecule has 0 unspecified atom stereocenters. The van der Waals surface area contributed by atoms with Crippen molar-refractivity contribution in [2.45, 2.75) is 26.7 Å². The van der Waals surface area contributed by atoms with Gasteiger partial charge in [0.1, 0.15) is 11.6 Å². The smallest absolute Gasteiger partial charge is 0.277 e. The minimum atomic E-state index is -0.397. The minimum absolute atomic E-state index is 0.116. The number of nitrogens with two attached hydrogens (primary N) is 1. The van der Waals surface area contributed by atoms with Crippen molar-refractivity contribution in [1.82, 2.24) is 15.0 Å². The molecule has 2 aromatic heterocycles. The van der Waals surface area contributed by atoms with Crippen molar-refractivity contribution in [3.05, 3.63) is 40.0 Å². The fourth-order valence-electron chi connectivity index (χ4n) is 1.65. The van der Waals surface area contributed by atoms with E-state index in [9.17, 15) is 4.79 Å². The fourth-order valence-corrected chi connectivity index (χ4v) is 1.86. The maximum atomic E-state index is 12.3. The summed E-state index contributed by atoms with van der Waals surface area (Å²) in [7, 11) is 0. The molecular formula is C14H16BrN5O. The molecule has 1 amide bonds. The highest BCUT2D eigenvalue weighted by Gasteiger charge is 2.15. The van der Waals surface area contributed by atoms with Crippen molar-refractivity contribution in [2.24, 2.45) is 0 Å². The molecule has 0 spiro atoms. The van der Waals surface area contributed by atoms with Crippen LogP contribution in [-0.2, 0) is 0 Å². The van der Waals surface area contributed by atoms with E-state index in [2.05, 4.69) is 36.2 Å². The number of pyridine rings is 1. The van der Waals surface area contributed by atoms with E-state index in [-0.39, 0.29) is 17.3 Å². The van der Waals surface area contributed by atoms with Gasteiger partial charge in [-0.1, -0.05) is 13.8 Å². The van der Waals surface area contributed by atoms with E-state index in [1.54, 1.807) is 12.3 Å². The molecule has 0 atom stereocenters. The zero-order chi connectivity index (χ0) is 15.6. The van der Waals surface area contributed by atoms with E-state index >= 15 is 0 Å². The molecule has 0 saturated carbocycles. The van der Waals surface area contributed by atoms with Gasteiger partial charge in [0.15, 0.2) is 5.69 Å². The molecule has 6 nitrogen and oxygen atoms in total. The molecule has 2 aromatic rings. The van der Waals surface area contributed by atoms with Gasteiger partial charge in [-0.25, -0.2) is 15.0 Å². The highest BCUT2D eigenvalue weighted by Crippen LogP contribution is 2.19. The summed E-state index contributed by atoms with van der Waals surface area (Å²) in [6.45, 7) is 5.82. The monoisotopic (exact) mass is 349 g/mol. The second kappa shape index (κ2) is 6.17. The van der Waals surface area contributed by atoms with Crippen LogP contribution >= 0.6 is 15.9 Å². The van der Waals surface area contributed by atoms with Crippen LogP contribution in [0.25, 0.3) is 0 Å². The number of hydrogen-bond donors (Lipinski definition) is 2. The van der Waals surface area contributed by atoms with Crippen molar-refractivity contribution in [1.29, 1.82) is 0 Å². The molecule has 0 aromatic carbocycles. The van der Waals surface area contributed by atoms with Crippen LogP contribution in [0, 0.1) is 6.92 Å². The fraction of sp³-hybridized carbons (Fsp3) is 0.286. The first-order valence-corrected chi connectivity index (χ1v) is 7.23. The number of aryl methyl sites for hydroxylation is 1. The molecule has 0 aliphatic rings. The third kappa shape index (κ3) is 3.55. The number of aromatic nitrogens is 3.